The molecule has 1 atom stereocenters. The zero-order valence-corrected chi connectivity index (χ0v) is 12.1. The molecule has 0 aliphatic carbocycles. The summed E-state index contributed by atoms with van der Waals surface area (Å²) in [5.41, 5.74) is 0.701. The number of benzene rings is 1. The first kappa shape index (κ1) is 15.9. The van der Waals surface area contributed by atoms with Crippen molar-refractivity contribution in [2.45, 2.75) is 27.7 Å². The van der Waals surface area contributed by atoms with Crippen LogP contribution in [-0.2, 0) is 0 Å². The molecule has 0 radical (unpaired) electrons. The largest absolute Gasteiger partial charge is 0.478 e. The van der Waals surface area contributed by atoms with Gasteiger partial charge in [0, 0.05) is 23.9 Å². The smallest absolute Gasteiger partial charge is 0.336 e. The Morgan fingerprint density at radius 3 is 2.45 bits per heavy atom. The number of nitro groups is 1. The quantitative estimate of drug-likeness (QED) is 0.616. The van der Waals surface area contributed by atoms with Crippen LogP contribution >= 0.6 is 0 Å². The highest BCUT2D eigenvalue weighted by Crippen LogP contribution is 2.28. The molecule has 1 aromatic carbocycles. The van der Waals surface area contributed by atoms with E-state index in [2.05, 4.69) is 26.1 Å². The highest BCUT2D eigenvalue weighted by atomic mass is 16.6. The van der Waals surface area contributed by atoms with E-state index in [1.165, 1.54) is 6.07 Å². The minimum absolute atomic E-state index is 0.0815. The van der Waals surface area contributed by atoms with Crippen molar-refractivity contribution in [2.24, 2.45) is 11.8 Å². The average Bonchev–Trinajstić information content (AvgIpc) is 2.36. The summed E-state index contributed by atoms with van der Waals surface area (Å²) in [6.45, 7) is 8.51. The number of anilines is 1. The van der Waals surface area contributed by atoms with Crippen LogP contribution < -0.4 is 5.32 Å². The van der Waals surface area contributed by atoms with Crippen molar-refractivity contribution in [3.63, 3.8) is 0 Å². The van der Waals surface area contributed by atoms with Crippen LogP contribution in [0.3, 0.4) is 0 Å². The predicted molar refractivity (Wildman–Crippen MR) is 77.3 cm³/mol. The normalized spacial score (nSPS) is 12.2. The molecule has 20 heavy (non-hydrogen) atoms. The van der Waals surface area contributed by atoms with Crippen LogP contribution in [0.1, 0.15) is 36.7 Å². The molecule has 0 spiro atoms. The van der Waals surface area contributed by atoms with Crippen LogP contribution in [0.2, 0.25) is 0 Å². The molecule has 0 aromatic heterocycles. The predicted octanol–water partition coefficient (Wildman–Crippen LogP) is 3.31. The van der Waals surface area contributed by atoms with Crippen LogP contribution in [0, 0.1) is 28.9 Å². The molecule has 0 fully saturated rings. The SMILES string of the molecule is Cc1c(NCC(C)C(C)C)cc(C(=O)O)cc1[N+](=O)[O-]. The third kappa shape index (κ3) is 3.69. The summed E-state index contributed by atoms with van der Waals surface area (Å²) in [6.07, 6.45) is 0. The molecule has 6 nitrogen and oxygen atoms in total. The Balaban J connectivity index is 3.11. The maximum atomic E-state index is 11.0. The molecule has 1 rings (SSSR count). The van der Waals surface area contributed by atoms with Crippen LogP contribution in [0.4, 0.5) is 11.4 Å². The minimum atomic E-state index is -1.17. The maximum absolute atomic E-state index is 11.0. The lowest BCUT2D eigenvalue weighted by atomic mass is 9.98. The second kappa shape index (κ2) is 6.36. The lowest BCUT2D eigenvalue weighted by molar-refractivity contribution is -0.385. The summed E-state index contributed by atoms with van der Waals surface area (Å²) in [5.74, 6) is -0.324. The van der Waals surface area contributed by atoms with E-state index in [9.17, 15) is 14.9 Å². The Labute approximate surface area is 118 Å². The van der Waals surface area contributed by atoms with Crippen molar-refractivity contribution in [3.8, 4) is 0 Å². The van der Waals surface area contributed by atoms with Gasteiger partial charge in [0.2, 0.25) is 0 Å². The molecule has 0 aliphatic heterocycles. The Morgan fingerprint density at radius 2 is 2.00 bits per heavy atom. The van der Waals surface area contributed by atoms with E-state index in [1.807, 2.05) is 0 Å². The fourth-order valence-electron chi connectivity index (χ4n) is 1.70. The lowest BCUT2D eigenvalue weighted by Crippen LogP contribution is -2.17. The molecule has 0 heterocycles. The van der Waals surface area contributed by atoms with Crippen molar-refractivity contribution in [2.75, 3.05) is 11.9 Å². The van der Waals surface area contributed by atoms with E-state index in [4.69, 9.17) is 5.11 Å². The van der Waals surface area contributed by atoms with Gasteiger partial charge in [0.15, 0.2) is 0 Å². The number of rotatable bonds is 6. The first-order valence-electron chi connectivity index (χ1n) is 6.50. The van der Waals surface area contributed by atoms with Gasteiger partial charge >= 0.3 is 5.97 Å². The van der Waals surface area contributed by atoms with E-state index in [-0.39, 0.29) is 11.3 Å². The Morgan fingerprint density at radius 1 is 1.40 bits per heavy atom. The molecule has 0 saturated carbocycles. The topological polar surface area (TPSA) is 92.5 Å². The summed E-state index contributed by atoms with van der Waals surface area (Å²) in [6, 6.07) is 2.53. The van der Waals surface area contributed by atoms with Crippen molar-refractivity contribution in [1.29, 1.82) is 0 Å². The lowest BCUT2D eigenvalue weighted by Gasteiger charge is -2.18. The van der Waals surface area contributed by atoms with Crippen LogP contribution in [0.25, 0.3) is 0 Å². The fraction of sp³-hybridized carbons (Fsp3) is 0.500. The van der Waals surface area contributed by atoms with Crippen molar-refractivity contribution in [1.82, 2.24) is 0 Å². The van der Waals surface area contributed by atoms with Gasteiger partial charge in [0.25, 0.3) is 5.69 Å². The van der Waals surface area contributed by atoms with E-state index in [1.54, 1.807) is 6.92 Å². The van der Waals surface area contributed by atoms with E-state index < -0.39 is 10.9 Å². The van der Waals surface area contributed by atoms with Gasteiger partial charge < -0.3 is 10.4 Å². The number of carboxylic acid groups (broad SMARTS) is 1. The molecule has 110 valence electrons. The summed E-state index contributed by atoms with van der Waals surface area (Å²) in [5, 5.41) is 23.1. The Hall–Kier alpha value is -2.11. The standard InChI is InChI=1S/C14H20N2O4/c1-8(2)9(3)7-15-12-5-11(14(17)18)6-13(10(12)4)16(19)20/h5-6,8-9,15H,7H2,1-4H3,(H,17,18). The molecule has 6 heteroatoms. The van der Waals surface area contributed by atoms with Gasteiger partial charge in [-0.15, -0.1) is 0 Å². The number of carboxylic acids is 1. The van der Waals surface area contributed by atoms with Gasteiger partial charge in [-0.05, 0) is 24.8 Å². The summed E-state index contributed by atoms with van der Waals surface area (Å²) in [7, 11) is 0. The number of aromatic carboxylic acids is 1. The first-order valence-corrected chi connectivity index (χ1v) is 6.50. The summed E-state index contributed by atoms with van der Waals surface area (Å²) < 4.78 is 0. The fourth-order valence-corrected chi connectivity index (χ4v) is 1.70. The van der Waals surface area contributed by atoms with Gasteiger partial charge in [0.05, 0.1) is 10.5 Å². The van der Waals surface area contributed by atoms with Gasteiger partial charge in [-0.2, -0.15) is 0 Å². The van der Waals surface area contributed by atoms with Crippen LogP contribution in [0.5, 0.6) is 0 Å². The van der Waals surface area contributed by atoms with E-state index >= 15 is 0 Å². The van der Waals surface area contributed by atoms with Gasteiger partial charge in [-0.1, -0.05) is 20.8 Å². The van der Waals surface area contributed by atoms with Gasteiger partial charge in [0.1, 0.15) is 0 Å². The molecular formula is C14H20N2O4. The molecule has 1 aromatic rings. The number of carbonyl (C=O) groups is 1. The monoisotopic (exact) mass is 280 g/mol. The van der Waals surface area contributed by atoms with Crippen LogP contribution in [0.15, 0.2) is 12.1 Å². The number of nitrogens with zero attached hydrogens (tertiary/aromatic N) is 1. The van der Waals surface area contributed by atoms with E-state index in [0.29, 0.717) is 29.6 Å². The highest BCUT2D eigenvalue weighted by molar-refractivity contribution is 5.90. The first-order chi connectivity index (χ1) is 9.23. The summed E-state index contributed by atoms with van der Waals surface area (Å²) in [4.78, 5) is 21.5. The van der Waals surface area contributed by atoms with Crippen LogP contribution in [-0.4, -0.2) is 22.5 Å². The molecule has 0 amide bonds. The number of nitrogens with one attached hydrogen (secondary N) is 1. The van der Waals surface area contributed by atoms with Crippen molar-refractivity contribution < 1.29 is 14.8 Å². The number of nitro benzene ring substituents is 1. The average molecular weight is 280 g/mol. The van der Waals surface area contributed by atoms with Crippen molar-refractivity contribution >= 4 is 17.3 Å². The molecule has 0 aliphatic rings. The zero-order chi connectivity index (χ0) is 15.4. The Kier molecular flexibility index (Phi) is 5.07. The second-order valence-electron chi connectivity index (χ2n) is 5.33. The highest BCUT2D eigenvalue weighted by Gasteiger charge is 2.19. The molecule has 1 unspecified atom stereocenters. The van der Waals surface area contributed by atoms with Gasteiger partial charge in [-0.3, -0.25) is 10.1 Å². The minimum Gasteiger partial charge on any atom is -0.478 e. The maximum Gasteiger partial charge on any atom is 0.336 e. The molecule has 0 saturated heterocycles. The second-order valence-corrected chi connectivity index (χ2v) is 5.33. The number of hydrogen-bond donors (Lipinski definition) is 2. The third-order valence-corrected chi connectivity index (χ3v) is 3.58. The molecule has 2 N–H and O–H groups in total. The van der Waals surface area contributed by atoms with E-state index in [0.717, 1.165) is 6.07 Å². The van der Waals surface area contributed by atoms with Crippen molar-refractivity contribution in [3.05, 3.63) is 33.4 Å². The third-order valence-electron chi connectivity index (χ3n) is 3.58. The molecular weight excluding hydrogens is 260 g/mol. The van der Waals surface area contributed by atoms with Gasteiger partial charge in [-0.25, -0.2) is 4.79 Å². The zero-order valence-electron chi connectivity index (χ0n) is 12.1. The Bertz CT molecular complexity index is 526. The summed E-state index contributed by atoms with van der Waals surface area (Å²) >= 11 is 0. The molecule has 0 bridgehead atoms. The number of hydrogen-bond acceptors (Lipinski definition) is 4.